The summed E-state index contributed by atoms with van der Waals surface area (Å²) in [6.07, 6.45) is 0. The Kier molecular flexibility index (Phi) is 4.01. The molecule has 5 nitrogen and oxygen atoms in total. The van der Waals surface area contributed by atoms with Gasteiger partial charge in [-0.1, -0.05) is 28.1 Å². The summed E-state index contributed by atoms with van der Waals surface area (Å²) in [4.78, 5) is 21.7. The van der Waals surface area contributed by atoms with Crippen molar-refractivity contribution in [2.45, 2.75) is 0 Å². The fourth-order valence-electron chi connectivity index (χ4n) is 1.69. The number of rotatable bonds is 3. The Labute approximate surface area is 118 Å². The molecule has 0 aliphatic heterocycles. The smallest absolute Gasteiger partial charge is 0.318 e. The third kappa shape index (κ3) is 3.69. The second kappa shape index (κ2) is 5.71. The quantitative estimate of drug-likeness (QED) is 0.810. The molecule has 2 aromatic carbocycles. The molecule has 0 saturated carbocycles. The molecule has 3 amide bonds. The van der Waals surface area contributed by atoms with Crippen molar-refractivity contribution in [1.29, 1.82) is 0 Å². The molecule has 2 aromatic rings. The number of nitrogens with one attached hydrogen (secondary N) is 2. The van der Waals surface area contributed by atoms with Gasteiger partial charge in [-0.3, -0.25) is 10.1 Å². The third-order valence-corrected chi connectivity index (χ3v) is 3.01. The Morgan fingerprint density at radius 1 is 1.11 bits per heavy atom. The number of hydrogen-bond donors (Lipinski definition) is 3. The number of urea groups is 1. The lowest BCUT2D eigenvalue weighted by molar-refractivity contribution is -0.118. The molecule has 0 saturated heterocycles. The zero-order chi connectivity index (χ0) is 13.8. The van der Waals surface area contributed by atoms with E-state index < -0.39 is 11.9 Å². The normalized spacial score (nSPS) is 10.2. The Morgan fingerprint density at radius 3 is 2.53 bits per heavy atom. The lowest BCUT2D eigenvalue weighted by atomic mass is 10.1. The second-order valence-electron chi connectivity index (χ2n) is 3.97. The molecule has 0 aliphatic carbocycles. The summed E-state index contributed by atoms with van der Waals surface area (Å²) in [7, 11) is 0. The Morgan fingerprint density at radius 2 is 1.79 bits per heavy atom. The number of anilines is 1. The number of hydrogen-bond acceptors (Lipinski definition) is 3. The van der Waals surface area contributed by atoms with Gasteiger partial charge in [-0.2, -0.15) is 0 Å². The summed E-state index contributed by atoms with van der Waals surface area (Å²) in [5, 5.41) is 7.07. The SMILES string of the molecule is NC(=O)NC(=O)CNc1ccc2cc(Br)ccc2c1. The van der Waals surface area contributed by atoms with Crippen LogP contribution in [0, 0.1) is 0 Å². The van der Waals surface area contributed by atoms with Crippen LogP contribution in [-0.2, 0) is 4.79 Å². The minimum atomic E-state index is -0.852. The Bertz CT molecular complexity index is 643. The van der Waals surface area contributed by atoms with E-state index in [1.807, 2.05) is 41.7 Å². The van der Waals surface area contributed by atoms with Gasteiger partial charge in [-0.05, 0) is 35.0 Å². The van der Waals surface area contributed by atoms with Crippen molar-refractivity contribution >= 4 is 44.3 Å². The monoisotopic (exact) mass is 321 g/mol. The van der Waals surface area contributed by atoms with Gasteiger partial charge < -0.3 is 11.1 Å². The first kappa shape index (κ1) is 13.4. The van der Waals surface area contributed by atoms with E-state index in [1.54, 1.807) is 0 Å². The van der Waals surface area contributed by atoms with Crippen molar-refractivity contribution in [3.63, 3.8) is 0 Å². The standard InChI is InChI=1S/C13H12BrN3O2/c14-10-3-1-9-6-11(4-2-8(9)5-10)16-7-12(18)17-13(15)19/h1-6,16H,7H2,(H3,15,17,18,19). The fraction of sp³-hybridized carbons (Fsp3) is 0.0769. The highest BCUT2D eigenvalue weighted by Gasteiger charge is 2.04. The number of amides is 3. The van der Waals surface area contributed by atoms with Crippen LogP contribution in [0.3, 0.4) is 0 Å². The highest BCUT2D eigenvalue weighted by molar-refractivity contribution is 9.10. The number of carbonyl (C=O) groups is 2. The molecular formula is C13H12BrN3O2. The van der Waals surface area contributed by atoms with Crippen LogP contribution in [0.15, 0.2) is 40.9 Å². The van der Waals surface area contributed by atoms with Crippen LogP contribution in [0.2, 0.25) is 0 Å². The van der Waals surface area contributed by atoms with E-state index >= 15 is 0 Å². The van der Waals surface area contributed by atoms with Crippen LogP contribution >= 0.6 is 15.9 Å². The highest BCUT2D eigenvalue weighted by Crippen LogP contribution is 2.22. The molecule has 0 aliphatic rings. The molecule has 4 N–H and O–H groups in total. The van der Waals surface area contributed by atoms with Crippen LogP contribution in [0.25, 0.3) is 10.8 Å². The fourth-order valence-corrected chi connectivity index (χ4v) is 2.07. The van der Waals surface area contributed by atoms with Gasteiger partial charge in [0.1, 0.15) is 0 Å². The van der Waals surface area contributed by atoms with Crippen molar-refractivity contribution < 1.29 is 9.59 Å². The largest absolute Gasteiger partial charge is 0.376 e. The molecule has 0 bridgehead atoms. The van der Waals surface area contributed by atoms with Crippen LogP contribution in [0.1, 0.15) is 0 Å². The van der Waals surface area contributed by atoms with Gasteiger partial charge in [0.05, 0.1) is 6.54 Å². The molecule has 6 heteroatoms. The second-order valence-corrected chi connectivity index (χ2v) is 4.89. The number of carbonyl (C=O) groups excluding carboxylic acids is 2. The predicted molar refractivity (Wildman–Crippen MR) is 77.9 cm³/mol. The summed E-state index contributed by atoms with van der Waals surface area (Å²) in [6.45, 7) is -0.00895. The number of halogens is 1. The molecule has 98 valence electrons. The zero-order valence-electron chi connectivity index (χ0n) is 9.94. The van der Waals surface area contributed by atoms with Crippen molar-refractivity contribution in [2.24, 2.45) is 5.73 Å². The number of nitrogens with two attached hydrogens (primary N) is 1. The summed E-state index contributed by atoms with van der Waals surface area (Å²) < 4.78 is 1.02. The summed E-state index contributed by atoms with van der Waals surface area (Å²) >= 11 is 3.41. The lowest BCUT2D eigenvalue weighted by Crippen LogP contribution is -2.38. The molecule has 0 unspecified atom stereocenters. The van der Waals surface area contributed by atoms with E-state index in [0.717, 1.165) is 20.9 Å². The Balaban J connectivity index is 2.07. The number of imide groups is 1. The van der Waals surface area contributed by atoms with E-state index in [1.165, 1.54) is 0 Å². The van der Waals surface area contributed by atoms with E-state index in [-0.39, 0.29) is 6.54 Å². The van der Waals surface area contributed by atoms with Gasteiger partial charge in [0, 0.05) is 10.2 Å². The molecule has 0 atom stereocenters. The molecule has 0 heterocycles. The molecular weight excluding hydrogens is 310 g/mol. The molecule has 0 aromatic heterocycles. The minimum absolute atomic E-state index is 0.00895. The lowest BCUT2D eigenvalue weighted by Gasteiger charge is -2.07. The number of primary amides is 1. The molecule has 0 fully saturated rings. The van der Waals surface area contributed by atoms with Crippen LogP contribution in [0.4, 0.5) is 10.5 Å². The van der Waals surface area contributed by atoms with Gasteiger partial charge >= 0.3 is 6.03 Å². The first-order chi connectivity index (χ1) is 9.04. The highest BCUT2D eigenvalue weighted by atomic mass is 79.9. The average molecular weight is 322 g/mol. The number of benzene rings is 2. The third-order valence-electron chi connectivity index (χ3n) is 2.52. The number of fused-ring (bicyclic) bond motifs is 1. The molecule has 0 spiro atoms. The maximum absolute atomic E-state index is 11.3. The van der Waals surface area contributed by atoms with Crippen LogP contribution in [0.5, 0.6) is 0 Å². The summed E-state index contributed by atoms with van der Waals surface area (Å²) in [6, 6.07) is 10.8. The van der Waals surface area contributed by atoms with Crippen LogP contribution in [-0.4, -0.2) is 18.5 Å². The summed E-state index contributed by atoms with van der Waals surface area (Å²) in [5.41, 5.74) is 5.65. The van der Waals surface area contributed by atoms with Crippen molar-refractivity contribution in [1.82, 2.24) is 5.32 Å². The van der Waals surface area contributed by atoms with Gasteiger partial charge in [-0.15, -0.1) is 0 Å². The van der Waals surface area contributed by atoms with Crippen LogP contribution < -0.4 is 16.4 Å². The first-order valence-corrected chi connectivity index (χ1v) is 6.36. The minimum Gasteiger partial charge on any atom is -0.376 e. The van der Waals surface area contributed by atoms with Gasteiger partial charge in [0.25, 0.3) is 0 Å². The van der Waals surface area contributed by atoms with Gasteiger partial charge in [0.2, 0.25) is 5.91 Å². The van der Waals surface area contributed by atoms with E-state index in [4.69, 9.17) is 5.73 Å². The van der Waals surface area contributed by atoms with Gasteiger partial charge in [0.15, 0.2) is 0 Å². The van der Waals surface area contributed by atoms with Crippen molar-refractivity contribution in [3.05, 3.63) is 40.9 Å². The maximum Gasteiger partial charge on any atom is 0.318 e. The molecule has 19 heavy (non-hydrogen) atoms. The van der Waals surface area contributed by atoms with E-state index in [2.05, 4.69) is 21.2 Å². The molecule has 0 radical (unpaired) electrons. The molecule has 2 rings (SSSR count). The summed E-state index contributed by atoms with van der Waals surface area (Å²) in [5.74, 6) is -0.469. The average Bonchev–Trinajstić information content (AvgIpc) is 2.35. The zero-order valence-corrected chi connectivity index (χ0v) is 11.5. The van der Waals surface area contributed by atoms with E-state index in [9.17, 15) is 9.59 Å². The van der Waals surface area contributed by atoms with Crippen molar-refractivity contribution in [2.75, 3.05) is 11.9 Å². The predicted octanol–water partition coefficient (Wildman–Crippen LogP) is 2.21. The first-order valence-electron chi connectivity index (χ1n) is 5.57. The van der Waals surface area contributed by atoms with Crippen molar-refractivity contribution in [3.8, 4) is 0 Å². The van der Waals surface area contributed by atoms with E-state index in [0.29, 0.717) is 0 Å². The Hall–Kier alpha value is -2.08. The topological polar surface area (TPSA) is 84.2 Å². The van der Waals surface area contributed by atoms with Gasteiger partial charge in [-0.25, -0.2) is 4.79 Å². The maximum atomic E-state index is 11.3.